The molecule has 0 aliphatic heterocycles. The molecule has 2 nitrogen and oxygen atoms in total. The van der Waals surface area contributed by atoms with Crippen LogP contribution in [0, 0.1) is 17.6 Å². The number of halogens is 2. The molecule has 0 spiro atoms. The second kappa shape index (κ2) is 6.44. The lowest BCUT2D eigenvalue weighted by Crippen LogP contribution is -2.35. The van der Waals surface area contributed by atoms with Gasteiger partial charge in [0.2, 0.25) is 0 Å². The summed E-state index contributed by atoms with van der Waals surface area (Å²) in [5, 5.41) is 13.1. The van der Waals surface area contributed by atoms with E-state index in [-0.39, 0.29) is 18.1 Å². The van der Waals surface area contributed by atoms with Crippen LogP contribution in [0.15, 0.2) is 18.2 Å². The molecule has 0 saturated heterocycles. The number of nitrogens with one attached hydrogen (secondary N) is 1. The van der Waals surface area contributed by atoms with Crippen molar-refractivity contribution in [1.82, 2.24) is 5.32 Å². The van der Waals surface area contributed by atoms with E-state index < -0.39 is 11.6 Å². The van der Waals surface area contributed by atoms with Crippen LogP contribution in [0.25, 0.3) is 0 Å². The van der Waals surface area contributed by atoms with Crippen molar-refractivity contribution in [2.45, 2.75) is 44.8 Å². The molecule has 19 heavy (non-hydrogen) atoms. The number of aliphatic hydroxyl groups excluding tert-OH is 1. The smallest absolute Gasteiger partial charge is 0.128 e. The fraction of sp³-hybridized carbons (Fsp3) is 0.600. The van der Waals surface area contributed by atoms with Crippen LogP contribution < -0.4 is 5.32 Å². The first-order chi connectivity index (χ1) is 9.08. The molecule has 0 radical (unpaired) electrons. The van der Waals surface area contributed by atoms with Crippen molar-refractivity contribution in [3.05, 3.63) is 35.4 Å². The molecule has 0 amide bonds. The molecule has 1 fully saturated rings. The van der Waals surface area contributed by atoms with E-state index in [9.17, 15) is 13.9 Å². The molecule has 4 heteroatoms. The standard InChI is InChI=1S/C15H21F2NO/c1-10(13-8-12(16)6-7-14(13)17)18-9-11-4-2-3-5-15(11)19/h6-8,10-11,15,18-19H,2-5,9H2,1H3. The quantitative estimate of drug-likeness (QED) is 0.880. The van der Waals surface area contributed by atoms with Crippen molar-refractivity contribution >= 4 is 0 Å². The maximum absolute atomic E-state index is 13.6. The zero-order valence-electron chi connectivity index (χ0n) is 11.2. The summed E-state index contributed by atoms with van der Waals surface area (Å²) >= 11 is 0. The van der Waals surface area contributed by atoms with E-state index in [1.54, 1.807) is 0 Å². The minimum absolute atomic E-state index is 0.216. The molecule has 0 heterocycles. The fourth-order valence-electron chi connectivity index (χ4n) is 2.71. The summed E-state index contributed by atoms with van der Waals surface area (Å²) in [6, 6.07) is 3.24. The SMILES string of the molecule is CC(NCC1CCCCC1O)c1cc(F)ccc1F. The lowest BCUT2D eigenvalue weighted by molar-refractivity contribution is 0.0683. The van der Waals surface area contributed by atoms with Gasteiger partial charge in [-0.2, -0.15) is 0 Å². The van der Waals surface area contributed by atoms with E-state index in [1.165, 1.54) is 6.07 Å². The van der Waals surface area contributed by atoms with Crippen molar-refractivity contribution < 1.29 is 13.9 Å². The van der Waals surface area contributed by atoms with E-state index in [0.717, 1.165) is 37.8 Å². The second-order valence-corrected chi connectivity index (χ2v) is 5.41. The summed E-state index contributed by atoms with van der Waals surface area (Å²) in [6.07, 6.45) is 3.77. The molecule has 1 aliphatic carbocycles. The number of hydrogen-bond donors (Lipinski definition) is 2. The molecule has 3 atom stereocenters. The molecular weight excluding hydrogens is 248 g/mol. The predicted molar refractivity (Wildman–Crippen MR) is 70.7 cm³/mol. The number of aliphatic hydroxyl groups is 1. The van der Waals surface area contributed by atoms with Crippen LogP contribution in [0.2, 0.25) is 0 Å². The van der Waals surface area contributed by atoms with Crippen LogP contribution in [0.5, 0.6) is 0 Å². The van der Waals surface area contributed by atoms with Crippen LogP contribution in [0.3, 0.4) is 0 Å². The van der Waals surface area contributed by atoms with Crippen LogP contribution in [-0.2, 0) is 0 Å². The average Bonchev–Trinajstić information content (AvgIpc) is 2.40. The maximum atomic E-state index is 13.6. The molecular formula is C15H21F2NO. The summed E-state index contributed by atoms with van der Waals surface area (Å²) in [7, 11) is 0. The van der Waals surface area contributed by atoms with Gasteiger partial charge in [-0.25, -0.2) is 8.78 Å². The highest BCUT2D eigenvalue weighted by Gasteiger charge is 2.23. The molecule has 2 N–H and O–H groups in total. The highest BCUT2D eigenvalue weighted by atomic mass is 19.1. The number of benzene rings is 1. The van der Waals surface area contributed by atoms with Gasteiger partial charge in [0, 0.05) is 18.2 Å². The van der Waals surface area contributed by atoms with E-state index in [2.05, 4.69) is 5.32 Å². The zero-order valence-corrected chi connectivity index (χ0v) is 11.2. The van der Waals surface area contributed by atoms with Gasteiger partial charge in [-0.15, -0.1) is 0 Å². The van der Waals surface area contributed by atoms with Gasteiger partial charge >= 0.3 is 0 Å². The topological polar surface area (TPSA) is 32.3 Å². The maximum Gasteiger partial charge on any atom is 0.128 e. The normalized spacial score (nSPS) is 25.3. The van der Waals surface area contributed by atoms with E-state index >= 15 is 0 Å². The number of hydrogen-bond acceptors (Lipinski definition) is 2. The summed E-state index contributed by atoms with van der Waals surface area (Å²) < 4.78 is 26.7. The molecule has 2 rings (SSSR count). The summed E-state index contributed by atoms with van der Waals surface area (Å²) in [5.74, 6) is -0.610. The Morgan fingerprint density at radius 3 is 2.79 bits per heavy atom. The number of rotatable bonds is 4. The van der Waals surface area contributed by atoms with Crippen molar-refractivity contribution in [3.8, 4) is 0 Å². The third-order valence-corrected chi connectivity index (χ3v) is 3.98. The Hall–Kier alpha value is -1.00. The van der Waals surface area contributed by atoms with Crippen LogP contribution >= 0.6 is 0 Å². The summed E-state index contributed by atoms with van der Waals surface area (Å²) in [6.45, 7) is 2.45. The van der Waals surface area contributed by atoms with E-state index in [4.69, 9.17) is 0 Å². The van der Waals surface area contributed by atoms with Gasteiger partial charge in [0.05, 0.1) is 6.10 Å². The van der Waals surface area contributed by atoms with Gasteiger partial charge in [-0.05, 0) is 43.9 Å². The predicted octanol–water partition coefficient (Wildman–Crippen LogP) is 3.17. The average molecular weight is 269 g/mol. The van der Waals surface area contributed by atoms with Crippen LogP contribution in [-0.4, -0.2) is 17.8 Å². The van der Waals surface area contributed by atoms with Gasteiger partial charge in [0.25, 0.3) is 0 Å². The third kappa shape index (κ3) is 3.74. The van der Waals surface area contributed by atoms with Crippen LogP contribution in [0.4, 0.5) is 8.78 Å². The Morgan fingerprint density at radius 1 is 1.32 bits per heavy atom. The first-order valence-electron chi connectivity index (χ1n) is 6.94. The Labute approximate surface area is 112 Å². The molecule has 1 aliphatic rings. The van der Waals surface area contributed by atoms with E-state index in [1.807, 2.05) is 6.92 Å². The van der Waals surface area contributed by atoms with Gasteiger partial charge in [-0.1, -0.05) is 12.8 Å². The second-order valence-electron chi connectivity index (χ2n) is 5.41. The molecule has 1 aromatic carbocycles. The Morgan fingerprint density at radius 2 is 2.05 bits per heavy atom. The van der Waals surface area contributed by atoms with Crippen molar-refractivity contribution in [1.29, 1.82) is 0 Å². The molecule has 0 bridgehead atoms. The van der Waals surface area contributed by atoms with Gasteiger partial charge in [0.1, 0.15) is 11.6 Å². The zero-order chi connectivity index (χ0) is 13.8. The largest absolute Gasteiger partial charge is 0.393 e. The van der Waals surface area contributed by atoms with Crippen molar-refractivity contribution in [2.75, 3.05) is 6.54 Å². The van der Waals surface area contributed by atoms with Crippen molar-refractivity contribution in [2.24, 2.45) is 5.92 Å². The van der Waals surface area contributed by atoms with Gasteiger partial charge < -0.3 is 10.4 Å². The monoisotopic (exact) mass is 269 g/mol. The van der Waals surface area contributed by atoms with Gasteiger partial charge in [0.15, 0.2) is 0 Å². The van der Waals surface area contributed by atoms with Crippen molar-refractivity contribution in [3.63, 3.8) is 0 Å². The summed E-state index contributed by atoms with van der Waals surface area (Å²) in [5.41, 5.74) is 0.338. The molecule has 106 valence electrons. The third-order valence-electron chi connectivity index (χ3n) is 3.98. The first kappa shape index (κ1) is 14.4. The Bertz CT molecular complexity index is 425. The Kier molecular flexibility index (Phi) is 4.88. The molecule has 3 unspecified atom stereocenters. The Balaban J connectivity index is 1.93. The first-order valence-corrected chi connectivity index (χ1v) is 6.94. The minimum atomic E-state index is -0.428. The lowest BCUT2D eigenvalue weighted by atomic mass is 9.86. The van der Waals surface area contributed by atoms with Crippen LogP contribution in [0.1, 0.15) is 44.2 Å². The fourth-order valence-corrected chi connectivity index (χ4v) is 2.71. The highest BCUT2D eigenvalue weighted by molar-refractivity contribution is 5.21. The molecule has 1 saturated carbocycles. The molecule has 1 aromatic rings. The highest BCUT2D eigenvalue weighted by Crippen LogP contribution is 2.25. The summed E-state index contributed by atoms with van der Waals surface area (Å²) in [4.78, 5) is 0. The van der Waals surface area contributed by atoms with E-state index in [0.29, 0.717) is 12.1 Å². The van der Waals surface area contributed by atoms with Gasteiger partial charge in [-0.3, -0.25) is 0 Å². The lowest BCUT2D eigenvalue weighted by Gasteiger charge is -2.29. The minimum Gasteiger partial charge on any atom is -0.393 e. The molecule has 0 aromatic heterocycles.